The van der Waals surface area contributed by atoms with Crippen molar-refractivity contribution in [3.8, 4) is 22.3 Å². The van der Waals surface area contributed by atoms with Crippen molar-refractivity contribution in [3.63, 3.8) is 0 Å². The number of hydrogen-bond acceptors (Lipinski definition) is 8. The summed E-state index contributed by atoms with van der Waals surface area (Å²) in [7, 11) is 1.33. The number of halogens is 2. The lowest BCUT2D eigenvalue weighted by Crippen LogP contribution is -2.61. The maximum atomic E-state index is 14.5. The summed E-state index contributed by atoms with van der Waals surface area (Å²) in [5.74, 6) is -1.11. The topological polar surface area (TPSA) is 118 Å². The van der Waals surface area contributed by atoms with Gasteiger partial charge in [0, 0.05) is 54.6 Å². The Morgan fingerprint density at radius 2 is 1.79 bits per heavy atom. The van der Waals surface area contributed by atoms with Crippen LogP contribution in [0, 0.1) is 11.6 Å². The second-order valence-corrected chi connectivity index (χ2v) is 12.5. The minimum atomic E-state index is -0.706. The zero-order chi connectivity index (χ0) is 33.3. The number of piperidine rings is 1. The van der Waals surface area contributed by atoms with Crippen LogP contribution in [0.5, 0.6) is 0 Å². The summed E-state index contributed by atoms with van der Waals surface area (Å²) in [6.45, 7) is 7.22. The van der Waals surface area contributed by atoms with Crippen LogP contribution in [0.25, 0.3) is 33.2 Å². The van der Waals surface area contributed by atoms with Crippen molar-refractivity contribution in [2.75, 3.05) is 43.6 Å². The number of fused-ring (bicyclic) bond motifs is 2. The van der Waals surface area contributed by atoms with Crippen molar-refractivity contribution in [2.24, 2.45) is 0 Å². The van der Waals surface area contributed by atoms with E-state index in [-0.39, 0.29) is 18.2 Å². The summed E-state index contributed by atoms with van der Waals surface area (Å²) in [6.07, 6.45) is 3.06. The number of anilines is 2. The Kier molecular flexibility index (Phi) is 8.93. The molecule has 0 aliphatic carbocycles. The Morgan fingerprint density at radius 3 is 2.53 bits per heavy atom. The molecule has 2 aliphatic rings. The van der Waals surface area contributed by atoms with Gasteiger partial charge in [0.1, 0.15) is 23.1 Å². The minimum absolute atomic E-state index is 0.198. The van der Waals surface area contributed by atoms with Gasteiger partial charge in [0.15, 0.2) is 0 Å². The number of benzene rings is 2. The van der Waals surface area contributed by atoms with E-state index in [0.29, 0.717) is 66.4 Å². The molecule has 6 rings (SSSR count). The van der Waals surface area contributed by atoms with E-state index in [0.717, 1.165) is 17.0 Å². The molecule has 4 heterocycles. The summed E-state index contributed by atoms with van der Waals surface area (Å²) < 4.78 is 41.0. The third-order valence-electron chi connectivity index (χ3n) is 8.09. The average Bonchev–Trinajstić information content (AvgIpc) is 3.02. The van der Waals surface area contributed by atoms with E-state index in [2.05, 4.69) is 25.7 Å². The Morgan fingerprint density at radius 1 is 1.00 bits per heavy atom. The van der Waals surface area contributed by atoms with Gasteiger partial charge in [0.25, 0.3) is 0 Å². The third kappa shape index (κ3) is 6.96. The lowest BCUT2D eigenvalue weighted by Gasteiger charge is -2.47. The predicted molar refractivity (Wildman–Crippen MR) is 173 cm³/mol. The fourth-order valence-electron chi connectivity index (χ4n) is 6.21. The van der Waals surface area contributed by atoms with Crippen molar-refractivity contribution in [2.45, 2.75) is 44.9 Å². The van der Waals surface area contributed by atoms with Gasteiger partial charge in [0.05, 0.1) is 37.1 Å². The highest BCUT2D eigenvalue weighted by atomic mass is 19.1. The number of aromatic nitrogens is 2. The molecule has 11 nitrogen and oxygen atoms in total. The summed E-state index contributed by atoms with van der Waals surface area (Å²) in [5.41, 5.74) is 5.19. The average molecular weight is 647 g/mol. The molecule has 2 unspecified atom stereocenters. The van der Waals surface area contributed by atoms with Gasteiger partial charge in [-0.15, -0.1) is 0 Å². The van der Waals surface area contributed by atoms with Crippen LogP contribution in [0.4, 0.5) is 29.9 Å². The molecule has 4 aromatic rings. The molecule has 47 heavy (non-hydrogen) atoms. The van der Waals surface area contributed by atoms with Crippen LogP contribution in [0.1, 0.15) is 27.2 Å². The first kappa shape index (κ1) is 32.1. The predicted octanol–water partition coefficient (Wildman–Crippen LogP) is 6.14. The van der Waals surface area contributed by atoms with Crippen LogP contribution in [-0.2, 0) is 14.3 Å². The molecule has 0 spiro atoms. The highest BCUT2D eigenvalue weighted by Gasteiger charge is 2.41. The lowest BCUT2D eigenvalue weighted by atomic mass is 9.94. The van der Waals surface area contributed by atoms with E-state index < -0.39 is 23.3 Å². The van der Waals surface area contributed by atoms with Gasteiger partial charge < -0.3 is 19.3 Å². The van der Waals surface area contributed by atoms with E-state index in [1.165, 1.54) is 19.2 Å². The van der Waals surface area contributed by atoms with Gasteiger partial charge in [-0.2, -0.15) is 0 Å². The first-order chi connectivity index (χ1) is 22.5. The molecule has 2 atom stereocenters. The quantitative estimate of drug-likeness (QED) is 0.249. The fraction of sp³-hybridized carbons (Fsp3) is 0.353. The summed E-state index contributed by atoms with van der Waals surface area (Å²) in [5, 5.41) is 3.41. The number of carbonyl (C=O) groups excluding carboxylic acids is 2. The third-order valence-corrected chi connectivity index (χ3v) is 8.09. The standard InChI is InChI=1S/C34H36F2N6O5/c1-34(2,3)47-33(44)42-12-13-46-29-19-41(11-9-28(29)42)30-25-16-20(24-6-5-10-37-31(24)39-32(43)40-45-4)7-8-27(25)38-18-26(30)21-14-22(35)17-23(36)15-21/h5-8,10,14-18,28-29H,9,11-13,19H2,1-4H3,(H2,37,39,40,43). The molecule has 2 fully saturated rings. The number of nitrogens with zero attached hydrogens (tertiary/aromatic N) is 4. The number of carbonyl (C=O) groups is 2. The van der Waals surface area contributed by atoms with E-state index in [1.807, 2.05) is 45.0 Å². The molecule has 2 N–H and O–H groups in total. The molecule has 0 saturated carbocycles. The molecule has 0 radical (unpaired) electrons. The van der Waals surface area contributed by atoms with E-state index in [1.54, 1.807) is 23.4 Å². The van der Waals surface area contributed by atoms with Gasteiger partial charge in [-0.1, -0.05) is 6.07 Å². The van der Waals surface area contributed by atoms with Crippen LogP contribution in [-0.4, -0.2) is 78.1 Å². The normalized spacial score (nSPS) is 18.1. The first-order valence-electron chi connectivity index (χ1n) is 15.3. The van der Waals surface area contributed by atoms with E-state index in [9.17, 15) is 18.4 Å². The van der Waals surface area contributed by atoms with Crippen LogP contribution in [0.3, 0.4) is 0 Å². The molecule has 2 aliphatic heterocycles. The smallest absolute Gasteiger partial charge is 0.410 e. The molecular formula is C34H36F2N6O5. The molecular weight excluding hydrogens is 610 g/mol. The Labute approximate surface area is 270 Å². The largest absolute Gasteiger partial charge is 0.444 e. The van der Waals surface area contributed by atoms with E-state index >= 15 is 0 Å². The molecule has 3 amide bonds. The van der Waals surface area contributed by atoms with Crippen LogP contribution >= 0.6 is 0 Å². The second kappa shape index (κ2) is 13.1. The molecule has 246 valence electrons. The van der Waals surface area contributed by atoms with Crippen molar-refractivity contribution in [3.05, 3.63) is 72.6 Å². The van der Waals surface area contributed by atoms with Gasteiger partial charge in [-0.05, 0) is 74.7 Å². The van der Waals surface area contributed by atoms with Crippen molar-refractivity contribution in [1.29, 1.82) is 0 Å². The van der Waals surface area contributed by atoms with E-state index in [4.69, 9.17) is 14.3 Å². The molecule has 13 heteroatoms. The van der Waals surface area contributed by atoms with Crippen molar-refractivity contribution >= 4 is 34.5 Å². The van der Waals surface area contributed by atoms with Gasteiger partial charge >= 0.3 is 12.1 Å². The van der Waals surface area contributed by atoms with Crippen LogP contribution in [0.15, 0.2) is 60.9 Å². The molecule has 2 aromatic carbocycles. The van der Waals surface area contributed by atoms with Crippen molar-refractivity contribution < 1.29 is 32.7 Å². The zero-order valence-electron chi connectivity index (χ0n) is 26.5. The minimum Gasteiger partial charge on any atom is -0.444 e. The number of morpholine rings is 1. The van der Waals surface area contributed by atoms with Gasteiger partial charge in [0.2, 0.25) is 0 Å². The molecule has 2 aromatic heterocycles. The maximum absolute atomic E-state index is 14.5. The lowest BCUT2D eigenvalue weighted by molar-refractivity contribution is -0.0798. The number of nitrogens with one attached hydrogen (secondary N) is 2. The summed E-state index contributed by atoms with van der Waals surface area (Å²) in [4.78, 5) is 43.0. The monoisotopic (exact) mass is 646 g/mol. The van der Waals surface area contributed by atoms with Crippen LogP contribution < -0.4 is 15.7 Å². The Hall–Kier alpha value is -4.88. The number of ether oxygens (including phenoxy) is 2. The maximum Gasteiger partial charge on any atom is 0.410 e. The number of rotatable bonds is 5. The number of pyridine rings is 2. The second-order valence-electron chi connectivity index (χ2n) is 12.5. The number of urea groups is 1. The SMILES string of the molecule is CONC(=O)Nc1ncccc1-c1ccc2ncc(-c3cc(F)cc(F)c3)c(N3CCC4C(C3)OCCN4C(=O)OC(C)(C)C)c2c1. The number of amides is 3. The number of hydroxylamine groups is 1. The number of hydrogen-bond donors (Lipinski definition) is 2. The van der Waals surface area contributed by atoms with Crippen LogP contribution in [0.2, 0.25) is 0 Å². The molecule has 0 bridgehead atoms. The summed E-state index contributed by atoms with van der Waals surface area (Å²) >= 11 is 0. The van der Waals surface area contributed by atoms with Gasteiger partial charge in [-0.25, -0.2) is 28.8 Å². The summed E-state index contributed by atoms with van der Waals surface area (Å²) in [6, 6.07) is 11.8. The molecule has 2 saturated heterocycles. The highest BCUT2D eigenvalue weighted by Crippen LogP contribution is 2.41. The Balaban J connectivity index is 1.44. The zero-order valence-corrected chi connectivity index (χ0v) is 26.5. The highest BCUT2D eigenvalue weighted by molar-refractivity contribution is 6.03. The van der Waals surface area contributed by atoms with Crippen molar-refractivity contribution in [1.82, 2.24) is 20.3 Å². The Bertz CT molecular complexity index is 1800. The fourth-order valence-corrected chi connectivity index (χ4v) is 6.21. The first-order valence-corrected chi connectivity index (χ1v) is 15.3. The van der Waals surface area contributed by atoms with Gasteiger partial charge in [-0.3, -0.25) is 15.1 Å².